The number of halogens is 1. The molecule has 0 aliphatic carbocycles. The van der Waals surface area contributed by atoms with E-state index in [0.29, 0.717) is 27.4 Å². The van der Waals surface area contributed by atoms with E-state index in [9.17, 15) is 4.79 Å². The Labute approximate surface area is 183 Å². The summed E-state index contributed by atoms with van der Waals surface area (Å²) in [4.78, 5) is 29.2. The Kier molecular flexibility index (Phi) is 4.71. The number of H-pyrrole nitrogens is 1. The summed E-state index contributed by atoms with van der Waals surface area (Å²) in [5.74, 6) is 0.505. The minimum atomic E-state index is -0.308. The minimum Gasteiger partial charge on any atom is -0.360 e. The standard InChI is InChI=1S/C22H16BClN6O/c1-12(27-20-18-19(26-11-25-18)28-22(23)29-20)16-10-13-6-5-9-15(24)17(13)21(31)30(16)14-7-3-2-4-8-14/h2-12H,1H3,(H2,25,26,27,28,29)/t12-/m0/s1. The Balaban J connectivity index is 1.71. The van der Waals surface area contributed by atoms with Gasteiger partial charge >= 0.3 is 0 Å². The van der Waals surface area contributed by atoms with Gasteiger partial charge in [0, 0.05) is 11.4 Å². The second kappa shape index (κ2) is 7.56. The largest absolute Gasteiger partial charge is 0.360 e. The number of benzene rings is 2. The molecule has 1 atom stereocenters. The lowest BCUT2D eigenvalue weighted by Crippen LogP contribution is -2.26. The summed E-state index contributed by atoms with van der Waals surface area (Å²) in [6, 6.07) is 16.5. The molecule has 2 aromatic carbocycles. The maximum atomic E-state index is 13.5. The lowest BCUT2D eigenvalue weighted by molar-refractivity contribution is 0.774. The predicted molar refractivity (Wildman–Crippen MR) is 124 cm³/mol. The van der Waals surface area contributed by atoms with Gasteiger partial charge in [0.05, 0.1) is 28.5 Å². The third-order valence-electron chi connectivity index (χ3n) is 5.14. The van der Waals surface area contributed by atoms with Gasteiger partial charge in [0.15, 0.2) is 19.3 Å². The number of para-hydroxylation sites is 1. The fraction of sp³-hybridized carbons (Fsp3) is 0.0909. The first kappa shape index (κ1) is 19.3. The Morgan fingerprint density at radius 2 is 1.94 bits per heavy atom. The van der Waals surface area contributed by atoms with Crippen molar-refractivity contribution in [3.05, 3.63) is 82.0 Å². The molecule has 2 radical (unpaired) electrons. The van der Waals surface area contributed by atoms with E-state index in [0.717, 1.165) is 16.8 Å². The van der Waals surface area contributed by atoms with Crippen molar-refractivity contribution in [1.29, 1.82) is 0 Å². The van der Waals surface area contributed by atoms with Crippen LogP contribution in [-0.4, -0.2) is 32.3 Å². The fourth-order valence-corrected chi connectivity index (χ4v) is 4.00. The fourth-order valence-electron chi connectivity index (χ4n) is 3.74. The molecular weight excluding hydrogens is 411 g/mol. The summed E-state index contributed by atoms with van der Waals surface area (Å²) in [5.41, 5.74) is 2.51. The summed E-state index contributed by atoms with van der Waals surface area (Å²) in [7, 11) is 5.85. The molecule has 0 aliphatic heterocycles. The van der Waals surface area contributed by atoms with Crippen LogP contribution in [0.5, 0.6) is 0 Å². The molecule has 150 valence electrons. The van der Waals surface area contributed by atoms with Gasteiger partial charge in [-0.25, -0.2) is 15.0 Å². The second-order valence-electron chi connectivity index (χ2n) is 7.15. The van der Waals surface area contributed by atoms with Gasteiger partial charge in [-0.15, -0.1) is 0 Å². The molecule has 0 amide bonds. The zero-order valence-corrected chi connectivity index (χ0v) is 17.3. The van der Waals surface area contributed by atoms with Gasteiger partial charge in [0.2, 0.25) is 0 Å². The molecule has 5 aromatic rings. The number of hydrogen-bond acceptors (Lipinski definition) is 5. The van der Waals surface area contributed by atoms with Gasteiger partial charge in [-0.05, 0) is 36.6 Å². The molecule has 0 saturated carbocycles. The van der Waals surface area contributed by atoms with Crippen molar-refractivity contribution in [2.45, 2.75) is 13.0 Å². The summed E-state index contributed by atoms with van der Waals surface area (Å²) >= 11 is 6.38. The molecular formula is C22H16BClN6O. The van der Waals surface area contributed by atoms with Gasteiger partial charge in [0.25, 0.3) is 5.56 Å². The first-order chi connectivity index (χ1) is 15.0. The molecule has 2 N–H and O–H groups in total. The number of hydrogen-bond donors (Lipinski definition) is 2. The van der Waals surface area contributed by atoms with Gasteiger partial charge < -0.3 is 10.3 Å². The predicted octanol–water partition coefficient (Wildman–Crippen LogP) is 3.28. The van der Waals surface area contributed by atoms with E-state index >= 15 is 0 Å². The average Bonchev–Trinajstić information content (AvgIpc) is 3.22. The van der Waals surface area contributed by atoms with E-state index in [-0.39, 0.29) is 17.3 Å². The van der Waals surface area contributed by atoms with Gasteiger partial charge in [-0.1, -0.05) is 41.9 Å². The number of anilines is 1. The molecule has 0 aliphatic rings. The number of nitrogens with one attached hydrogen (secondary N) is 2. The molecule has 3 aromatic heterocycles. The molecule has 0 saturated heterocycles. The maximum absolute atomic E-state index is 13.5. The van der Waals surface area contributed by atoms with Crippen molar-refractivity contribution in [1.82, 2.24) is 24.5 Å². The summed E-state index contributed by atoms with van der Waals surface area (Å²) in [6.07, 6.45) is 1.53. The molecule has 9 heteroatoms. The van der Waals surface area contributed by atoms with Crippen molar-refractivity contribution < 1.29 is 0 Å². The lowest BCUT2D eigenvalue weighted by Gasteiger charge is -2.22. The van der Waals surface area contributed by atoms with Crippen molar-refractivity contribution in [3.63, 3.8) is 0 Å². The molecule has 3 heterocycles. The van der Waals surface area contributed by atoms with E-state index in [1.54, 1.807) is 10.6 Å². The molecule has 7 nitrogen and oxygen atoms in total. The summed E-state index contributed by atoms with van der Waals surface area (Å²) in [5, 5.41) is 5.01. The van der Waals surface area contributed by atoms with Crippen molar-refractivity contribution in [3.8, 4) is 5.69 Å². The van der Waals surface area contributed by atoms with E-state index in [1.165, 1.54) is 6.33 Å². The molecule has 31 heavy (non-hydrogen) atoms. The Morgan fingerprint density at radius 3 is 2.74 bits per heavy atom. The summed E-state index contributed by atoms with van der Waals surface area (Å²) in [6.45, 7) is 1.95. The van der Waals surface area contributed by atoms with Gasteiger partial charge in [0.1, 0.15) is 5.52 Å². The first-order valence-electron chi connectivity index (χ1n) is 9.65. The van der Waals surface area contributed by atoms with Crippen LogP contribution < -0.4 is 16.6 Å². The van der Waals surface area contributed by atoms with Crippen LogP contribution in [-0.2, 0) is 0 Å². The second-order valence-corrected chi connectivity index (χ2v) is 7.55. The molecule has 0 unspecified atom stereocenters. The number of rotatable bonds is 4. The third-order valence-corrected chi connectivity index (χ3v) is 5.45. The van der Waals surface area contributed by atoms with E-state index < -0.39 is 0 Å². The minimum absolute atomic E-state index is 0.111. The van der Waals surface area contributed by atoms with Crippen LogP contribution in [0.2, 0.25) is 5.02 Å². The molecule has 5 rings (SSSR count). The van der Waals surface area contributed by atoms with Crippen LogP contribution in [0.1, 0.15) is 18.7 Å². The Hall–Kier alpha value is -3.65. The number of imidazole rings is 1. The van der Waals surface area contributed by atoms with Crippen molar-refractivity contribution in [2.75, 3.05) is 5.32 Å². The van der Waals surface area contributed by atoms with Gasteiger partial charge in [-0.2, -0.15) is 0 Å². The normalized spacial score (nSPS) is 12.3. The zero-order valence-electron chi connectivity index (χ0n) is 16.5. The highest BCUT2D eigenvalue weighted by atomic mass is 35.5. The topological polar surface area (TPSA) is 88.5 Å². The summed E-state index contributed by atoms with van der Waals surface area (Å²) < 4.78 is 1.67. The number of nitrogens with zero attached hydrogens (tertiary/aromatic N) is 4. The highest BCUT2D eigenvalue weighted by molar-refractivity contribution is 6.35. The Morgan fingerprint density at radius 1 is 1.13 bits per heavy atom. The maximum Gasteiger partial charge on any atom is 0.264 e. The highest BCUT2D eigenvalue weighted by Gasteiger charge is 2.19. The van der Waals surface area contributed by atoms with E-state index in [4.69, 9.17) is 19.4 Å². The van der Waals surface area contributed by atoms with Crippen LogP contribution >= 0.6 is 11.6 Å². The quantitative estimate of drug-likeness (QED) is 0.431. The van der Waals surface area contributed by atoms with Crippen molar-refractivity contribution >= 4 is 52.9 Å². The first-order valence-corrected chi connectivity index (χ1v) is 10.0. The molecule has 0 bridgehead atoms. The van der Waals surface area contributed by atoms with Crippen LogP contribution in [0.4, 0.5) is 5.82 Å². The van der Waals surface area contributed by atoms with Crippen LogP contribution in [0.3, 0.4) is 0 Å². The van der Waals surface area contributed by atoms with E-state index in [2.05, 4.69) is 25.3 Å². The van der Waals surface area contributed by atoms with Crippen LogP contribution in [0, 0.1) is 0 Å². The average molecular weight is 427 g/mol. The van der Waals surface area contributed by atoms with Crippen LogP contribution in [0.25, 0.3) is 27.6 Å². The molecule has 0 spiro atoms. The number of pyridine rings is 1. The number of aromatic amines is 1. The monoisotopic (exact) mass is 426 g/mol. The van der Waals surface area contributed by atoms with E-state index in [1.807, 2.05) is 55.5 Å². The molecule has 0 fully saturated rings. The highest BCUT2D eigenvalue weighted by Crippen LogP contribution is 2.27. The lowest BCUT2D eigenvalue weighted by atomic mass is 10.1. The van der Waals surface area contributed by atoms with Crippen LogP contribution in [0.15, 0.2) is 65.7 Å². The number of aromatic nitrogens is 5. The van der Waals surface area contributed by atoms with Gasteiger partial charge in [-0.3, -0.25) is 9.36 Å². The Bertz CT molecular complexity index is 1480. The third kappa shape index (κ3) is 3.35. The smallest absolute Gasteiger partial charge is 0.264 e. The zero-order chi connectivity index (χ0) is 21.5. The number of fused-ring (bicyclic) bond motifs is 2. The van der Waals surface area contributed by atoms with Crippen molar-refractivity contribution in [2.24, 2.45) is 0 Å². The SMILES string of the molecule is [B]c1nc(N[C@@H](C)c2cc3cccc(Cl)c3c(=O)n2-c2ccccc2)c2[nH]cnc2n1.